The molecule has 3 nitrogen and oxygen atoms in total. The average Bonchev–Trinajstić information content (AvgIpc) is 2.82. The third-order valence-corrected chi connectivity index (χ3v) is 5.93. The van der Waals surface area contributed by atoms with Crippen LogP contribution in [0.5, 0.6) is 0 Å². The lowest BCUT2D eigenvalue weighted by Crippen LogP contribution is -2.47. The number of carbonyl (C=O) groups is 1. The third kappa shape index (κ3) is 3.58. The third-order valence-electron chi connectivity index (χ3n) is 4.00. The molecule has 1 aliphatic rings. The molecule has 2 rings (SSSR count). The maximum absolute atomic E-state index is 12.4. The summed E-state index contributed by atoms with van der Waals surface area (Å²) in [5.41, 5.74) is -0.308. The van der Waals surface area contributed by atoms with Crippen LogP contribution in [-0.2, 0) is 11.3 Å². The topological polar surface area (TPSA) is 41.1 Å². The van der Waals surface area contributed by atoms with Gasteiger partial charge in [0.15, 0.2) is 0 Å². The largest absolute Gasteiger partial charge is 0.351 e. The van der Waals surface area contributed by atoms with Crippen molar-refractivity contribution in [3.63, 3.8) is 0 Å². The van der Waals surface area contributed by atoms with Gasteiger partial charge in [-0.25, -0.2) is 0 Å². The zero-order chi connectivity index (χ0) is 13.9. The summed E-state index contributed by atoms with van der Waals surface area (Å²) in [7, 11) is 0. The van der Waals surface area contributed by atoms with Crippen molar-refractivity contribution < 1.29 is 4.79 Å². The first-order valence-corrected chi connectivity index (χ1v) is 8.40. The number of hydrogen-bond donors (Lipinski definition) is 2. The molecule has 106 valence electrons. The highest BCUT2D eigenvalue weighted by Crippen LogP contribution is 2.32. The lowest BCUT2D eigenvalue weighted by atomic mass is 9.74. The van der Waals surface area contributed by atoms with Crippen LogP contribution in [0, 0.1) is 11.3 Å². The summed E-state index contributed by atoms with van der Waals surface area (Å²) in [6.07, 6.45) is 2.30. The molecule has 1 fully saturated rings. The summed E-state index contributed by atoms with van der Waals surface area (Å²) in [6, 6.07) is 2.02. The average molecular weight is 345 g/mol. The van der Waals surface area contributed by atoms with Crippen molar-refractivity contribution in [1.29, 1.82) is 0 Å². The van der Waals surface area contributed by atoms with E-state index in [-0.39, 0.29) is 11.3 Å². The van der Waals surface area contributed by atoms with E-state index in [1.54, 1.807) is 11.3 Å². The van der Waals surface area contributed by atoms with Gasteiger partial charge in [-0.1, -0.05) is 13.8 Å². The molecule has 1 atom stereocenters. The Kier molecular flexibility index (Phi) is 5.03. The zero-order valence-corrected chi connectivity index (χ0v) is 13.9. The molecule has 19 heavy (non-hydrogen) atoms. The lowest BCUT2D eigenvalue weighted by Gasteiger charge is -2.36. The minimum atomic E-state index is -0.308. The van der Waals surface area contributed by atoms with Crippen molar-refractivity contribution in [2.75, 3.05) is 13.1 Å². The van der Waals surface area contributed by atoms with Gasteiger partial charge in [-0.2, -0.15) is 0 Å². The number of carbonyl (C=O) groups excluding carboxylic acids is 1. The fourth-order valence-electron chi connectivity index (χ4n) is 2.49. The van der Waals surface area contributed by atoms with Gasteiger partial charge >= 0.3 is 0 Å². The normalized spacial score (nSPS) is 20.3. The molecule has 0 bridgehead atoms. The molecule has 1 aromatic rings. The maximum Gasteiger partial charge on any atom is 0.226 e. The van der Waals surface area contributed by atoms with Crippen molar-refractivity contribution in [3.8, 4) is 0 Å². The molecule has 0 aliphatic carbocycles. The Morgan fingerprint density at radius 3 is 3.00 bits per heavy atom. The predicted molar refractivity (Wildman–Crippen MR) is 83.2 cm³/mol. The molecule has 1 aliphatic heterocycles. The highest BCUT2D eigenvalue weighted by atomic mass is 79.9. The van der Waals surface area contributed by atoms with E-state index in [0.29, 0.717) is 12.5 Å². The highest BCUT2D eigenvalue weighted by Gasteiger charge is 2.37. The van der Waals surface area contributed by atoms with E-state index >= 15 is 0 Å². The van der Waals surface area contributed by atoms with Crippen LogP contribution in [0.4, 0.5) is 0 Å². The van der Waals surface area contributed by atoms with Crippen molar-refractivity contribution in [3.05, 3.63) is 20.8 Å². The Morgan fingerprint density at radius 1 is 1.63 bits per heavy atom. The van der Waals surface area contributed by atoms with Crippen LogP contribution in [-0.4, -0.2) is 19.0 Å². The maximum atomic E-state index is 12.4. The van der Waals surface area contributed by atoms with Gasteiger partial charge in [0, 0.05) is 14.8 Å². The first-order valence-electron chi connectivity index (χ1n) is 6.72. The zero-order valence-electron chi connectivity index (χ0n) is 11.5. The van der Waals surface area contributed by atoms with E-state index in [9.17, 15) is 4.79 Å². The molecular formula is C14H21BrN2OS. The van der Waals surface area contributed by atoms with Crippen molar-refractivity contribution in [2.45, 2.75) is 33.2 Å². The fourth-order valence-corrected chi connectivity index (χ4v) is 3.93. The number of rotatable bonds is 4. The van der Waals surface area contributed by atoms with Crippen LogP contribution in [0.15, 0.2) is 15.9 Å². The molecule has 1 unspecified atom stereocenters. The van der Waals surface area contributed by atoms with Crippen LogP contribution in [0.3, 0.4) is 0 Å². The summed E-state index contributed by atoms with van der Waals surface area (Å²) < 4.78 is 1.08. The molecule has 2 N–H and O–H groups in total. The van der Waals surface area contributed by atoms with Gasteiger partial charge in [0.05, 0.1) is 6.54 Å². The van der Waals surface area contributed by atoms with Gasteiger partial charge in [0.1, 0.15) is 0 Å². The Labute approximate surface area is 127 Å². The number of nitrogens with one attached hydrogen (secondary N) is 2. The molecule has 0 aromatic carbocycles. The highest BCUT2D eigenvalue weighted by molar-refractivity contribution is 9.10. The molecular weight excluding hydrogens is 324 g/mol. The molecule has 5 heteroatoms. The van der Waals surface area contributed by atoms with E-state index in [1.807, 2.05) is 11.4 Å². The number of amides is 1. The number of halogens is 1. The molecule has 1 amide bonds. The fraction of sp³-hybridized carbons (Fsp3) is 0.643. The number of thiophene rings is 1. The van der Waals surface area contributed by atoms with Crippen LogP contribution in [0.2, 0.25) is 0 Å². The van der Waals surface area contributed by atoms with Gasteiger partial charge < -0.3 is 10.6 Å². The molecule has 2 heterocycles. The summed E-state index contributed by atoms with van der Waals surface area (Å²) >= 11 is 5.16. The van der Waals surface area contributed by atoms with Crippen LogP contribution >= 0.6 is 27.3 Å². The quantitative estimate of drug-likeness (QED) is 0.880. The van der Waals surface area contributed by atoms with Gasteiger partial charge in [-0.05, 0) is 59.2 Å². The smallest absolute Gasteiger partial charge is 0.226 e. The Balaban J connectivity index is 1.92. The second-order valence-electron chi connectivity index (χ2n) is 5.64. The van der Waals surface area contributed by atoms with Crippen LogP contribution in [0.1, 0.15) is 31.6 Å². The van der Waals surface area contributed by atoms with E-state index in [1.165, 1.54) is 4.88 Å². The lowest BCUT2D eigenvalue weighted by molar-refractivity contribution is -0.132. The summed E-state index contributed by atoms with van der Waals surface area (Å²) in [5, 5.41) is 8.50. The number of piperidine rings is 1. The summed E-state index contributed by atoms with van der Waals surface area (Å²) in [6.45, 7) is 6.76. The summed E-state index contributed by atoms with van der Waals surface area (Å²) in [5.74, 6) is 0.578. The molecule has 1 saturated heterocycles. The molecule has 1 aromatic heterocycles. The van der Waals surface area contributed by atoms with Crippen molar-refractivity contribution >= 4 is 33.2 Å². The molecule has 0 saturated carbocycles. The van der Waals surface area contributed by atoms with Crippen molar-refractivity contribution in [2.24, 2.45) is 11.3 Å². The summed E-state index contributed by atoms with van der Waals surface area (Å²) in [4.78, 5) is 13.6. The monoisotopic (exact) mass is 344 g/mol. The number of hydrogen-bond acceptors (Lipinski definition) is 3. The van der Waals surface area contributed by atoms with Gasteiger partial charge in [0.25, 0.3) is 0 Å². The molecule has 0 spiro atoms. The second-order valence-corrected chi connectivity index (χ2v) is 7.49. The Hall–Kier alpha value is -0.390. The first-order chi connectivity index (χ1) is 9.01. The first kappa shape index (κ1) is 15.0. The Bertz CT molecular complexity index is 438. The van der Waals surface area contributed by atoms with Gasteiger partial charge in [-0.15, -0.1) is 11.3 Å². The Morgan fingerprint density at radius 2 is 2.42 bits per heavy atom. The van der Waals surface area contributed by atoms with Gasteiger partial charge in [0.2, 0.25) is 5.91 Å². The second kappa shape index (κ2) is 6.37. The van der Waals surface area contributed by atoms with E-state index < -0.39 is 0 Å². The van der Waals surface area contributed by atoms with Crippen LogP contribution in [0.25, 0.3) is 0 Å². The predicted octanol–water partition coefficient (Wildman–Crippen LogP) is 3.15. The van der Waals surface area contributed by atoms with Crippen LogP contribution < -0.4 is 10.6 Å². The minimum absolute atomic E-state index is 0.154. The SMILES string of the molecule is CC(C)(C(=O)NCc1sccc1Br)C1CCCNC1. The van der Waals surface area contributed by atoms with Crippen molar-refractivity contribution in [1.82, 2.24) is 10.6 Å². The van der Waals surface area contributed by atoms with E-state index in [0.717, 1.165) is 30.4 Å². The minimum Gasteiger partial charge on any atom is -0.351 e. The molecule has 0 radical (unpaired) electrons. The van der Waals surface area contributed by atoms with E-state index in [2.05, 4.69) is 40.4 Å². The standard InChI is InChI=1S/C14H21BrN2OS/c1-14(2,10-4-3-6-16-8-10)13(18)17-9-12-11(15)5-7-19-12/h5,7,10,16H,3-4,6,8-9H2,1-2H3,(H,17,18). The van der Waals surface area contributed by atoms with E-state index in [4.69, 9.17) is 0 Å². The van der Waals surface area contributed by atoms with Gasteiger partial charge in [-0.3, -0.25) is 4.79 Å².